The molecule has 1 aromatic rings. The number of methoxy groups -OCH3 is 1. The van der Waals surface area contributed by atoms with Gasteiger partial charge in [0, 0.05) is 38.0 Å². The number of hydrogen-bond acceptors (Lipinski definition) is 3. The molecule has 1 saturated carbocycles. The summed E-state index contributed by atoms with van der Waals surface area (Å²) in [6.45, 7) is 1.38. The van der Waals surface area contributed by atoms with Gasteiger partial charge < -0.3 is 14.8 Å². The van der Waals surface area contributed by atoms with E-state index in [9.17, 15) is 9.18 Å². The van der Waals surface area contributed by atoms with Gasteiger partial charge in [0.05, 0.1) is 12.7 Å². The molecule has 0 unspecified atom stereocenters. The van der Waals surface area contributed by atoms with E-state index in [0.29, 0.717) is 25.4 Å². The van der Waals surface area contributed by atoms with Crippen molar-refractivity contribution >= 4 is 5.91 Å². The maximum atomic E-state index is 13.1. The van der Waals surface area contributed by atoms with E-state index in [1.54, 1.807) is 13.2 Å². The van der Waals surface area contributed by atoms with E-state index in [2.05, 4.69) is 5.32 Å². The fraction of sp³-hybridized carbons (Fsp3) is 0.588. The Balaban J connectivity index is 1.50. The lowest BCUT2D eigenvalue weighted by Crippen LogP contribution is -2.62. The van der Waals surface area contributed by atoms with Crippen LogP contribution in [0.3, 0.4) is 0 Å². The van der Waals surface area contributed by atoms with Crippen molar-refractivity contribution in [2.45, 2.75) is 31.4 Å². The number of fused-ring (bicyclic) bond motifs is 1. The van der Waals surface area contributed by atoms with Gasteiger partial charge in [0.25, 0.3) is 0 Å². The zero-order valence-electron chi connectivity index (χ0n) is 12.8. The molecule has 1 heterocycles. The third-order valence-electron chi connectivity index (χ3n) is 4.74. The van der Waals surface area contributed by atoms with Gasteiger partial charge in [-0.1, -0.05) is 12.1 Å². The molecule has 1 amide bonds. The molecule has 120 valence electrons. The molecule has 0 aromatic heterocycles. The van der Waals surface area contributed by atoms with Crippen molar-refractivity contribution in [2.24, 2.45) is 11.8 Å². The highest BCUT2D eigenvalue weighted by atomic mass is 19.1. The molecule has 0 radical (unpaired) electrons. The quantitative estimate of drug-likeness (QED) is 0.873. The van der Waals surface area contributed by atoms with Crippen LogP contribution in [0.25, 0.3) is 0 Å². The number of hydrogen-bond donors (Lipinski definition) is 1. The van der Waals surface area contributed by atoms with E-state index in [-0.39, 0.29) is 29.8 Å². The number of carbonyl (C=O) groups excluding carboxylic acids is 1. The molecule has 1 saturated heterocycles. The largest absolute Gasteiger partial charge is 0.384 e. The van der Waals surface area contributed by atoms with E-state index in [4.69, 9.17) is 9.47 Å². The van der Waals surface area contributed by atoms with Gasteiger partial charge in [-0.25, -0.2) is 4.39 Å². The molecule has 1 aliphatic heterocycles. The summed E-state index contributed by atoms with van der Waals surface area (Å²) in [5.41, 5.74) is 0.847. The van der Waals surface area contributed by atoms with Crippen LogP contribution in [-0.2, 0) is 20.7 Å². The summed E-state index contributed by atoms with van der Waals surface area (Å²) in [6.07, 6.45) is 2.15. The van der Waals surface area contributed by atoms with Crippen molar-refractivity contribution in [1.82, 2.24) is 5.32 Å². The van der Waals surface area contributed by atoms with E-state index < -0.39 is 0 Å². The van der Waals surface area contributed by atoms with E-state index >= 15 is 0 Å². The van der Waals surface area contributed by atoms with Gasteiger partial charge in [-0.05, 0) is 30.5 Å². The van der Waals surface area contributed by atoms with Crippen LogP contribution < -0.4 is 5.32 Å². The third-order valence-corrected chi connectivity index (χ3v) is 4.74. The number of amides is 1. The van der Waals surface area contributed by atoms with Gasteiger partial charge in [-0.15, -0.1) is 0 Å². The Kier molecular flexibility index (Phi) is 4.74. The van der Waals surface area contributed by atoms with Crippen molar-refractivity contribution in [3.05, 3.63) is 35.6 Å². The highest BCUT2D eigenvalue weighted by molar-refractivity contribution is 5.76. The molecule has 1 aromatic carbocycles. The van der Waals surface area contributed by atoms with Gasteiger partial charge in [0.2, 0.25) is 5.91 Å². The van der Waals surface area contributed by atoms with Crippen molar-refractivity contribution < 1.29 is 18.7 Å². The van der Waals surface area contributed by atoms with E-state index in [0.717, 1.165) is 18.6 Å². The lowest BCUT2D eigenvalue weighted by Gasteiger charge is -2.47. The molecule has 22 heavy (non-hydrogen) atoms. The van der Waals surface area contributed by atoms with Crippen LogP contribution in [0.5, 0.6) is 0 Å². The number of aryl methyl sites for hydroxylation is 1. The van der Waals surface area contributed by atoms with Crippen molar-refractivity contribution in [1.29, 1.82) is 0 Å². The summed E-state index contributed by atoms with van der Waals surface area (Å²) in [6, 6.07) is 6.55. The van der Waals surface area contributed by atoms with Crippen molar-refractivity contribution in [3.63, 3.8) is 0 Å². The average Bonchev–Trinajstić information content (AvgIpc) is 2.93. The SMILES string of the molecule is COC[C@@H]1[C@H](NC(=O)CCc2cccc(F)c2)[C@@H]2CCO[C@H]12. The summed E-state index contributed by atoms with van der Waals surface area (Å²) in [7, 11) is 1.67. The molecule has 4 nitrogen and oxygen atoms in total. The first kappa shape index (κ1) is 15.4. The minimum Gasteiger partial charge on any atom is -0.384 e. The van der Waals surface area contributed by atoms with Crippen LogP contribution in [0.4, 0.5) is 4.39 Å². The minimum atomic E-state index is -0.261. The highest BCUT2D eigenvalue weighted by Crippen LogP contribution is 2.43. The Morgan fingerprint density at radius 1 is 1.50 bits per heavy atom. The Hall–Kier alpha value is -1.46. The van der Waals surface area contributed by atoms with Gasteiger partial charge in [-0.3, -0.25) is 4.79 Å². The summed E-state index contributed by atoms with van der Waals surface area (Å²) < 4.78 is 24.1. The lowest BCUT2D eigenvalue weighted by molar-refractivity contribution is -0.129. The monoisotopic (exact) mass is 307 g/mol. The first-order valence-electron chi connectivity index (χ1n) is 7.83. The molecule has 0 spiro atoms. The van der Waals surface area contributed by atoms with E-state index in [1.165, 1.54) is 12.1 Å². The van der Waals surface area contributed by atoms with Crippen LogP contribution in [0.15, 0.2) is 24.3 Å². The first-order chi connectivity index (χ1) is 10.7. The molecule has 1 aliphatic carbocycles. The second-order valence-corrected chi connectivity index (χ2v) is 6.13. The number of benzene rings is 1. The first-order valence-corrected chi connectivity index (χ1v) is 7.83. The molecule has 2 aliphatic rings. The van der Waals surface area contributed by atoms with Gasteiger partial charge >= 0.3 is 0 Å². The van der Waals surface area contributed by atoms with Gasteiger partial charge in [-0.2, -0.15) is 0 Å². The second kappa shape index (κ2) is 6.75. The van der Waals surface area contributed by atoms with Crippen LogP contribution in [0.1, 0.15) is 18.4 Å². The Labute approximate surface area is 130 Å². The predicted octanol–water partition coefficient (Wildman–Crippen LogP) is 1.92. The zero-order chi connectivity index (χ0) is 15.5. The van der Waals surface area contributed by atoms with Gasteiger partial charge in [0.15, 0.2) is 0 Å². The lowest BCUT2D eigenvalue weighted by atomic mass is 9.67. The maximum absolute atomic E-state index is 13.1. The number of rotatable bonds is 6. The summed E-state index contributed by atoms with van der Waals surface area (Å²) >= 11 is 0. The molecule has 4 atom stereocenters. The van der Waals surface area contributed by atoms with Crippen molar-refractivity contribution in [2.75, 3.05) is 20.3 Å². The molecule has 3 rings (SSSR count). The Morgan fingerprint density at radius 3 is 3.14 bits per heavy atom. The number of ether oxygens (including phenoxy) is 2. The van der Waals surface area contributed by atoms with Gasteiger partial charge in [0.1, 0.15) is 5.82 Å². The normalized spacial score (nSPS) is 29.7. The molecular weight excluding hydrogens is 285 g/mol. The fourth-order valence-corrected chi connectivity index (χ4v) is 3.64. The van der Waals surface area contributed by atoms with Crippen molar-refractivity contribution in [3.8, 4) is 0 Å². The van der Waals surface area contributed by atoms with E-state index in [1.807, 2.05) is 6.07 Å². The average molecular weight is 307 g/mol. The molecule has 2 fully saturated rings. The Bertz CT molecular complexity index is 536. The summed E-state index contributed by atoms with van der Waals surface area (Å²) in [5, 5.41) is 3.11. The topological polar surface area (TPSA) is 47.6 Å². The second-order valence-electron chi connectivity index (χ2n) is 6.13. The van der Waals surface area contributed by atoms with Crippen LogP contribution in [-0.4, -0.2) is 38.4 Å². The maximum Gasteiger partial charge on any atom is 0.220 e. The molecule has 5 heteroatoms. The van der Waals surface area contributed by atoms with Crippen LogP contribution in [0, 0.1) is 17.7 Å². The molecule has 1 N–H and O–H groups in total. The molecule has 0 bridgehead atoms. The van der Waals surface area contributed by atoms with Crippen LogP contribution >= 0.6 is 0 Å². The smallest absolute Gasteiger partial charge is 0.220 e. The van der Waals surface area contributed by atoms with Crippen LogP contribution in [0.2, 0.25) is 0 Å². The summed E-state index contributed by atoms with van der Waals surface area (Å²) in [4.78, 5) is 12.2. The standard InChI is InChI=1S/C17H22FNO3/c1-21-10-14-16(13-7-8-22-17(13)14)19-15(20)6-5-11-3-2-4-12(18)9-11/h2-4,9,13-14,16-17H,5-8,10H2,1H3,(H,19,20)/t13-,14+,16+,17-/m0/s1. The minimum absolute atomic E-state index is 0.0146. The number of halogens is 1. The Morgan fingerprint density at radius 2 is 2.36 bits per heavy atom. The fourth-order valence-electron chi connectivity index (χ4n) is 3.64. The zero-order valence-corrected chi connectivity index (χ0v) is 12.8. The molecular formula is C17H22FNO3. The number of nitrogens with one attached hydrogen (secondary N) is 1. The highest BCUT2D eigenvalue weighted by Gasteiger charge is 2.54. The number of carbonyl (C=O) groups is 1. The summed E-state index contributed by atoms with van der Waals surface area (Å²) in [5.74, 6) is 0.414. The third kappa shape index (κ3) is 3.15. The predicted molar refractivity (Wildman–Crippen MR) is 79.9 cm³/mol.